The van der Waals surface area contributed by atoms with Crippen LogP contribution in [0.1, 0.15) is 37.2 Å². The highest BCUT2D eigenvalue weighted by Gasteiger charge is 2.37. The van der Waals surface area contributed by atoms with E-state index in [1.54, 1.807) is 16.0 Å². The van der Waals surface area contributed by atoms with Crippen molar-refractivity contribution in [2.24, 2.45) is 0 Å². The fourth-order valence-electron chi connectivity index (χ4n) is 4.33. The van der Waals surface area contributed by atoms with Gasteiger partial charge in [0.25, 0.3) is 0 Å². The monoisotopic (exact) mass is 414 g/mol. The number of H-pyrrole nitrogens is 1. The van der Waals surface area contributed by atoms with Gasteiger partial charge in [-0.1, -0.05) is 0 Å². The summed E-state index contributed by atoms with van der Waals surface area (Å²) < 4.78 is 55.5. The Morgan fingerprint density at radius 1 is 1.10 bits per heavy atom. The van der Waals surface area contributed by atoms with Gasteiger partial charge < -0.3 is 14.8 Å². The number of piperidine rings is 2. The number of urea groups is 1. The van der Waals surface area contributed by atoms with Gasteiger partial charge in [0, 0.05) is 43.3 Å². The third kappa shape index (κ3) is 4.31. The van der Waals surface area contributed by atoms with E-state index in [1.807, 2.05) is 6.07 Å². The first-order valence-electron chi connectivity index (χ1n) is 9.71. The van der Waals surface area contributed by atoms with Crippen LogP contribution in [0.4, 0.5) is 22.4 Å². The first-order valence-corrected chi connectivity index (χ1v) is 9.71. The first-order chi connectivity index (χ1) is 13.8. The molecule has 2 aliphatic rings. The van der Waals surface area contributed by atoms with Crippen LogP contribution < -0.4 is 0 Å². The molecule has 6 nitrogen and oxygen atoms in total. The van der Waals surface area contributed by atoms with E-state index in [0.717, 1.165) is 5.39 Å². The summed E-state index contributed by atoms with van der Waals surface area (Å²) in [6, 6.07) is 1.64. The highest BCUT2D eigenvalue weighted by atomic mass is 19.4. The van der Waals surface area contributed by atoms with Crippen molar-refractivity contribution in [1.82, 2.24) is 19.8 Å². The van der Waals surface area contributed by atoms with Gasteiger partial charge in [-0.25, -0.2) is 14.2 Å². The van der Waals surface area contributed by atoms with Crippen molar-refractivity contribution in [3.05, 3.63) is 29.8 Å². The molecule has 4 rings (SSSR count). The lowest BCUT2D eigenvalue weighted by Crippen LogP contribution is -2.50. The number of halogens is 4. The zero-order chi connectivity index (χ0) is 20.6. The molecule has 0 unspecified atom stereocenters. The van der Waals surface area contributed by atoms with Crippen molar-refractivity contribution in [2.45, 2.75) is 44.1 Å². The minimum Gasteiger partial charge on any atom is -0.346 e. The summed E-state index contributed by atoms with van der Waals surface area (Å²) in [6.45, 7) is 1.44. The third-order valence-electron chi connectivity index (χ3n) is 5.77. The molecule has 2 fully saturated rings. The van der Waals surface area contributed by atoms with E-state index in [0.29, 0.717) is 37.1 Å². The number of aromatic nitrogens is 2. The molecule has 1 N–H and O–H groups in total. The zero-order valence-electron chi connectivity index (χ0n) is 15.7. The van der Waals surface area contributed by atoms with Crippen molar-refractivity contribution in [2.75, 3.05) is 26.2 Å². The average Bonchev–Trinajstić information content (AvgIpc) is 3.16. The Morgan fingerprint density at radius 2 is 1.72 bits per heavy atom. The minimum absolute atomic E-state index is 0.00808. The molecule has 2 saturated heterocycles. The Kier molecular flexibility index (Phi) is 5.37. The zero-order valence-corrected chi connectivity index (χ0v) is 15.7. The number of rotatable bonds is 2. The van der Waals surface area contributed by atoms with Gasteiger partial charge in [0.15, 0.2) is 0 Å². The number of nitrogens with one attached hydrogen (secondary N) is 1. The lowest BCUT2D eigenvalue weighted by Gasteiger charge is -2.38. The van der Waals surface area contributed by atoms with E-state index >= 15 is 0 Å². The second-order valence-corrected chi connectivity index (χ2v) is 7.55. The molecule has 10 heteroatoms. The molecule has 2 aliphatic heterocycles. The molecule has 0 spiro atoms. The van der Waals surface area contributed by atoms with E-state index in [2.05, 4.69) is 14.7 Å². The number of nitrogens with zero attached hydrogens (tertiary/aromatic N) is 3. The van der Waals surface area contributed by atoms with Crippen molar-refractivity contribution >= 4 is 17.1 Å². The predicted octanol–water partition coefficient (Wildman–Crippen LogP) is 4.00. The van der Waals surface area contributed by atoms with Gasteiger partial charge >= 0.3 is 12.4 Å². The van der Waals surface area contributed by atoms with Gasteiger partial charge in [0.2, 0.25) is 0 Å². The number of aromatic amines is 1. The minimum atomic E-state index is -4.65. The van der Waals surface area contributed by atoms with Crippen LogP contribution in [0.15, 0.2) is 18.5 Å². The van der Waals surface area contributed by atoms with Crippen LogP contribution in [0, 0.1) is 5.82 Å². The number of fused-ring (bicyclic) bond motifs is 1. The molecule has 0 bridgehead atoms. The van der Waals surface area contributed by atoms with Crippen LogP contribution in [-0.4, -0.2) is 64.4 Å². The average molecular weight is 414 g/mol. The molecular weight excluding hydrogens is 392 g/mol. The number of carbonyl (C=O) groups excluding carboxylic acids is 1. The largest absolute Gasteiger partial charge is 0.522 e. The number of hydrogen-bond donors (Lipinski definition) is 1. The van der Waals surface area contributed by atoms with Crippen LogP contribution in [0.2, 0.25) is 0 Å². The number of likely N-dealkylation sites (tertiary alicyclic amines) is 2. The molecule has 29 heavy (non-hydrogen) atoms. The van der Waals surface area contributed by atoms with E-state index in [4.69, 9.17) is 0 Å². The molecule has 0 aliphatic carbocycles. The molecule has 0 atom stereocenters. The van der Waals surface area contributed by atoms with E-state index in [1.165, 1.54) is 6.20 Å². The summed E-state index contributed by atoms with van der Waals surface area (Å²) in [5.41, 5.74) is 1.28. The summed E-state index contributed by atoms with van der Waals surface area (Å²) in [4.78, 5) is 23.0. The first kappa shape index (κ1) is 19.9. The molecular formula is C19H22F4N4O2. The fourth-order valence-corrected chi connectivity index (χ4v) is 4.33. The molecule has 158 valence electrons. The quantitative estimate of drug-likeness (QED) is 0.756. The molecule has 0 radical (unpaired) electrons. The van der Waals surface area contributed by atoms with Crippen LogP contribution >= 0.6 is 0 Å². The second kappa shape index (κ2) is 7.81. The molecule has 2 aromatic heterocycles. The summed E-state index contributed by atoms with van der Waals surface area (Å²) in [6.07, 6.45) is -1.02. The maximum Gasteiger partial charge on any atom is 0.522 e. The smallest absolute Gasteiger partial charge is 0.346 e. The van der Waals surface area contributed by atoms with E-state index < -0.39 is 12.5 Å². The number of alkyl halides is 3. The van der Waals surface area contributed by atoms with Crippen molar-refractivity contribution < 1.29 is 27.1 Å². The van der Waals surface area contributed by atoms with Gasteiger partial charge in [0.05, 0.1) is 12.3 Å². The normalized spacial score (nSPS) is 19.9. The maximum atomic E-state index is 14.4. The predicted molar refractivity (Wildman–Crippen MR) is 96.7 cm³/mol. The number of ether oxygens (including phenoxy) is 1. The third-order valence-corrected chi connectivity index (χ3v) is 5.77. The van der Waals surface area contributed by atoms with Gasteiger partial charge in [-0.15, -0.1) is 13.2 Å². The van der Waals surface area contributed by atoms with Gasteiger partial charge in [-0.05, 0) is 37.7 Å². The highest BCUT2D eigenvalue weighted by Crippen LogP contribution is 2.34. The Labute approximate surface area is 164 Å². The van der Waals surface area contributed by atoms with Crippen molar-refractivity contribution in [1.29, 1.82) is 0 Å². The topological polar surface area (TPSA) is 61.5 Å². The summed E-state index contributed by atoms with van der Waals surface area (Å²) in [5.74, 6) is -0.347. The van der Waals surface area contributed by atoms with Crippen LogP contribution in [0.3, 0.4) is 0 Å². The standard InChI is InChI=1S/C19H22F4N4O2/c20-15-11-25-17-14(1-6-24-17)16(15)12-2-7-26(8-3-12)18(28)27-9-4-13(5-10-27)29-19(21,22)23/h1,6,11-13H,2-5,7-10H2,(H,24,25). The number of amides is 2. The lowest BCUT2D eigenvalue weighted by molar-refractivity contribution is -0.345. The highest BCUT2D eigenvalue weighted by molar-refractivity contribution is 5.80. The lowest BCUT2D eigenvalue weighted by atomic mass is 9.88. The molecule has 4 heterocycles. The molecule has 2 aromatic rings. The Bertz CT molecular complexity index is 869. The Morgan fingerprint density at radius 3 is 2.34 bits per heavy atom. The maximum absolute atomic E-state index is 14.4. The van der Waals surface area contributed by atoms with Crippen LogP contribution in [0.25, 0.3) is 11.0 Å². The van der Waals surface area contributed by atoms with Gasteiger partial charge in [0.1, 0.15) is 11.5 Å². The summed E-state index contributed by atoms with van der Waals surface area (Å²) >= 11 is 0. The van der Waals surface area contributed by atoms with E-state index in [-0.39, 0.29) is 43.7 Å². The summed E-state index contributed by atoms with van der Waals surface area (Å²) in [5, 5.41) is 0.765. The molecule has 0 saturated carbocycles. The van der Waals surface area contributed by atoms with Gasteiger partial charge in [-0.2, -0.15) is 0 Å². The number of carbonyl (C=O) groups is 1. The van der Waals surface area contributed by atoms with Crippen molar-refractivity contribution in [3.8, 4) is 0 Å². The molecule has 2 amide bonds. The Balaban J connectivity index is 1.33. The number of pyridine rings is 1. The fraction of sp³-hybridized carbons (Fsp3) is 0.579. The van der Waals surface area contributed by atoms with Crippen LogP contribution in [0.5, 0.6) is 0 Å². The van der Waals surface area contributed by atoms with Crippen molar-refractivity contribution in [3.63, 3.8) is 0 Å². The number of hydrogen-bond acceptors (Lipinski definition) is 3. The molecule has 0 aromatic carbocycles. The van der Waals surface area contributed by atoms with Crippen LogP contribution in [-0.2, 0) is 4.74 Å². The summed E-state index contributed by atoms with van der Waals surface area (Å²) in [7, 11) is 0. The van der Waals surface area contributed by atoms with E-state index in [9.17, 15) is 22.4 Å². The SMILES string of the molecule is O=C(N1CCC(OC(F)(F)F)CC1)N1CCC(c2c(F)cnc3[nH]ccc23)CC1. The van der Waals surface area contributed by atoms with Gasteiger partial charge in [-0.3, -0.25) is 4.74 Å². The second-order valence-electron chi connectivity index (χ2n) is 7.55. The Hall–Kier alpha value is -2.36.